The number of carbonyl (C=O) groups is 1. The first-order valence-electron chi connectivity index (χ1n) is 9.03. The SMILES string of the molecule is CCc1c(Oc2cccc(N3CCN(C)CC3)c2)ccnc1CC(N)=O. The zero-order valence-electron chi connectivity index (χ0n) is 15.4. The van der Waals surface area contributed by atoms with Crippen LogP contribution < -0.4 is 15.4 Å². The fourth-order valence-corrected chi connectivity index (χ4v) is 3.24. The lowest BCUT2D eigenvalue weighted by atomic mass is 10.1. The summed E-state index contributed by atoms with van der Waals surface area (Å²) in [6.07, 6.45) is 2.52. The summed E-state index contributed by atoms with van der Waals surface area (Å²) in [4.78, 5) is 20.3. The van der Waals surface area contributed by atoms with Crippen molar-refractivity contribution in [2.75, 3.05) is 38.1 Å². The molecule has 2 aromatic rings. The number of aromatic nitrogens is 1. The van der Waals surface area contributed by atoms with Crippen LogP contribution in [0.1, 0.15) is 18.2 Å². The number of benzene rings is 1. The highest BCUT2D eigenvalue weighted by Crippen LogP contribution is 2.30. The van der Waals surface area contributed by atoms with Gasteiger partial charge in [-0.25, -0.2) is 0 Å². The molecular weight excluding hydrogens is 328 g/mol. The number of pyridine rings is 1. The second-order valence-electron chi connectivity index (χ2n) is 6.62. The van der Waals surface area contributed by atoms with Gasteiger partial charge in [0.05, 0.1) is 12.1 Å². The van der Waals surface area contributed by atoms with Crippen LogP contribution >= 0.6 is 0 Å². The summed E-state index contributed by atoms with van der Waals surface area (Å²) < 4.78 is 6.15. The third-order valence-corrected chi connectivity index (χ3v) is 4.71. The highest BCUT2D eigenvalue weighted by Gasteiger charge is 2.16. The molecule has 0 unspecified atom stereocenters. The normalized spacial score (nSPS) is 15.1. The molecule has 6 nitrogen and oxygen atoms in total. The molecule has 1 fully saturated rings. The molecule has 138 valence electrons. The van der Waals surface area contributed by atoms with E-state index in [1.54, 1.807) is 6.20 Å². The minimum Gasteiger partial charge on any atom is -0.457 e. The third kappa shape index (κ3) is 4.32. The van der Waals surface area contributed by atoms with E-state index in [0.29, 0.717) is 5.69 Å². The molecule has 26 heavy (non-hydrogen) atoms. The highest BCUT2D eigenvalue weighted by molar-refractivity contribution is 5.76. The molecule has 1 aromatic heterocycles. The number of rotatable bonds is 6. The van der Waals surface area contributed by atoms with Gasteiger partial charge in [-0.1, -0.05) is 13.0 Å². The minimum absolute atomic E-state index is 0.127. The number of likely N-dealkylation sites (N-methyl/N-ethyl adjacent to an activating group) is 1. The number of nitrogens with two attached hydrogens (primary N) is 1. The van der Waals surface area contributed by atoms with Crippen LogP contribution in [0.2, 0.25) is 0 Å². The minimum atomic E-state index is -0.388. The predicted molar refractivity (Wildman–Crippen MR) is 103 cm³/mol. The summed E-state index contributed by atoms with van der Waals surface area (Å²) in [7, 11) is 2.15. The molecule has 0 saturated carbocycles. The molecule has 0 bridgehead atoms. The van der Waals surface area contributed by atoms with Crippen LogP contribution in [0.15, 0.2) is 36.5 Å². The monoisotopic (exact) mass is 354 g/mol. The summed E-state index contributed by atoms with van der Waals surface area (Å²) >= 11 is 0. The maximum atomic E-state index is 11.3. The summed E-state index contributed by atoms with van der Waals surface area (Å²) in [5.41, 5.74) is 8.12. The molecule has 1 aliphatic heterocycles. The fourth-order valence-electron chi connectivity index (χ4n) is 3.24. The van der Waals surface area contributed by atoms with Crippen LogP contribution in [0.4, 0.5) is 5.69 Å². The standard InChI is InChI=1S/C20H26N4O2/c1-3-17-18(14-20(21)25)22-8-7-19(17)26-16-6-4-5-15(13-16)24-11-9-23(2)10-12-24/h4-8,13H,3,9-12,14H2,1-2H3,(H2,21,25). The largest absolute Gasteiger partial charge is 0.457 e. The number of hydrogen-bond acceptors (Lipinski definition) is 5. The van der Waals surface area contributed by atoms with Gasteiger partial charge in [0, 0.05) is 49.7 Å². The summed E-state index contributed by atoms with van der Waals surface area (Å²) in [5, 5.41) is 0. The summed E-state index contributed by atoms with van der Waals surface area (Å²) in [6.45, 7) is 6.17. The van der Waals surface area contributed by atoms with Crippen LogP contribution in [0.25, 0.3) is 0 Å². The van der Waals surface area contributed by atoms with E-state index >= 15 is 0 Å². The average molecular weight is 354 g/mol. The number of primary amides is 1. The predicted octanol–water partition coefficient (Wildman–Crippen LogP) is 2.22. The van der Waals surface area contributed by atoms with Gasteiger partial charge in [-0.15, -0.1) is 0 Å². The van der Waals surface area contributed by atoms with Crippen LogP contribution in [0.3, 0.4) is 0 Å². The number of anilines is 1. The molecule has 1 aliphatic rings. The van der Waals surface area contributed by atoms with Crippen molar-refractivity contribution in [2.24, 2.45) is 5.73 Å². The van der Waals surface area contributed by atoms with Crippen molar-refractivity contribution in [3.8, 4) is 11.5 Å². The molecule has 0 radical (unpaired) electrons. The lowest BCUT2D eigenvalue weighted by Crippen LogP contribution is -2.44. The zero-order valence-corrected chi connectivity index (χ0v) is 15.4. The quantitative estimate of drug-likeness (QED) is 0.861. The van der Waals surface area contributed by atoms with Gasteiger partial charge in [0.1, 0.15) is 11.5 Å². The fraction of sp³-hybridized carbons (Fsp3) is 0.400. The van der Waals surface area contributed by atoms with E-state index in [4.69, 9.17) is 10.5 Å². The van der Waals surface area contributed by atoms with Crippen molar-refractivity contribution < 1.29 is 9.53 Å². The number of piperazine rings is 1. The molecule has 1 aromatic carbocycles. The summed E-state index contributed by atoms with van der Waals surface area (Å²) in [5.74, 6) is 1.13. The van der Waals surface area contributed by atoms with E-state index in [2.05, 4.69) is 34.0 Å². The number of nitrogens with zero attached hydrogens (tertiary/aromatic N) is 3. The molecular formula is C20H26N4O2. The van der Waals surface area contributed by atoms with Gasteiger partial charge >= 0.3 is 0 Å². The van der Waals surface area contributed by atoms with Crippen molar-refractivity contribution >= 4 is 11.6 Å². The first-order chi connectivity index (χ1) is 12.6. The molecule has 0 aliphatic carbocycles. The van der Waals surface area contributed by atoms with Crippen molar-refractivity contribution in [2.45, 2.75) is 19.8 Å². The topological polar surface area (TPSA) is 71.7 Å². The highest BCUT2D eigenvalue weighted by atomic mass is 16.5. The van der Waals surface area contributed by atoms with E-state index in [-0.39, 0.29) is 12.3 Å². The van der Waals surface area contributed by atoms with Crippen LogP contribution in [-0.2, 0) is 17.6 Å². The first-order valence-corrected chi connectivity index (χ1v) is 9.03. The van der Waals surface area contributed by atoms with Crippen molar-refractivity contribution in [3.05, 3.63) is 47.8 Å². The molecule has 3 rings (SSSR count). The number of hydrogen-bond donors (Lipinski definition) is 1. The number of carbonyl (C=O) groups excluding carboxylic acids is 1. The molecule has 2 N–H and O–H groups in total. The van der Waals surface area contributed by atoms with E-state index in [1.165, 1.54) is 5.69 Å². The van der Waals surface area contributed by atoms with Gasteiger partial charge in [0.25, 0.3) is 0 Å². The Morgan fingerprint density at radius 2 is 2.00 bits per heavy atom. The number of ether oxygens (including phenoxy) is 1. The van der Waals surface area contributed by atoms with Gasteiger partial charge in [-0.3, -0.25) is 9.78 Å². The van der Waals surface area contributed by atoms with E-state index in [0.717, 1.165) is 49.7 Å². The second kappa shape index (κ2) is 8.19. The Morgan fingerprint density at radius 3 is 2.69 bits per heavy atom. The third-order valence-electron chi connectivity index (χ3n) is 4.71. The maximum absolute atomic E-state index is 11.3. The molecule has 0 spiro atoms. The Labute approximate surface area is 154 Å². The van der Waals surface area contributed by atoms with Gasteiger partial charge < -0.3 is 20.3 Å². The zero-order chi connectivity index (χ0) is 18.5. The molecule has 1 saturated heterocycles. The maximum Gasteiger partial charge on any atom is 0.223 e. The molecule has 2 heterocycles. The Morgan fingerprint density at radius 1 is 1.23 bits per heavy atom. The number of amides is 1. The molecule has 6 heteroatoms. The van der Waals surface area contributed by atoms with Crippen molar-refractivity contribution in [1.82, 2.24) is 9.88 Å². The first kappa shape index (κ1) is 18.2. The lowest BCUT2D eigenvalue weighted by Gasteiger charge is -2.34. The lowest BCUT2D eigenvalue weighted by molar-refractivity contribution is -0.117. The Bertz CT molecular complexity index is 770. The van der Waals surface area contributed by atoms with Crippen molar-refractivity contribution in [1.29, 1.82) is 0 Å². The Kier molecular flexibility index (Phi) is 5.73. The summed E-state index contributed by atoms with van der Waals surface area (Å²) in [6, 6.07) is 9.99. The molecule has 1 amide bonds. The van der Waals surface area contributed by atoms with Gasteiger partial charge in [-0.2, -0.15) is 0 Å². The van der Waals surface area contributed by atoms with E-state index in [1.807, 2.05) is 25.1 Å². The van der Waals surface area contributed by atoms with E-state index in [9.17, 15) is 4.79 Å². The van der Waals surface area contributed by atoms with E-state index < -0.39 is 0 Å². The van der Waals surface area contributed by atoms with Crippen LogP contribution in [0.5, 0.6) is 11.5 Å². The Balaban J connectivity index is 1.81. The van der Waals surface area contributed by atoms with Gasteiger partial charge in [0.2, 0.25) is 5.91 Å². The van der Waals surface area contributed by atoms with Crippen LogP contribution in [-0.4, -0.2) is 49.0 Å². The van der Waals surface area contributed by atoms with Crippen molar-refractivity contribution in [3.63, 3.8) is 0 Å². The van der Waals surface area contributed by atoms with Gasteiger partial charge in [-0.05, 0) is 31.7 Å². The smallest absolute Gasteiger partial charge is 0.223 e. The average Bonchev–Trinajstić information content (AvgIpc) is 2.62. The Hall–Kier alpha value is -2.60. The van der Waals surface area contributed by atoms with Crippen LogP contribution in [0, 0.1) is 0 Å². The molecule has 0 atom stereocenters. The second-order valence-corrected chi connectivity index (χ2v) is 6.62. The van der Waals surface area contributed by atoms with Gasteiger partial charge in [0.15, 0.2) is 0 Å².